The van der Waals surface area contributed by atoms with Crippen molar-refractivity contribution in [1.29, 1.82) is 0 Å². The van der Waals surface area contributed by atoms with Crippen molar-refractivity contribution in [3.05, 3.63) is 38.5 Å². The Balaban J connectivity index is 0.790. The highest BCUT2D eigenvalue weighted by Crippen LogP contribution is 2.51. The van der Waals surface area contributed by atoms with E-state index in [1.165, 1.54) is 80.9 Å². The van der Waals surface area contributed by atoms with Crippen molar-refractivity contribution in [2.75, 3.05) is 193 Å². The summed E-state index contributed by atoms with van der Waals surface area (Å²) >= 11 is 4.13. The van der Waals surface area contributed by atoms with Crippen LogP contribution in [0.3, 0.4) is 0 Å². The average molecular weight is 2200 g/mol. The Kier molecular flexibility index (Phi) is 53.4. The molecule has 10 N–H and O–H groups in total. The fourth-order valence-electron chi connectivity index (χ4n) is 16.9. The number of ketones is 1. The second-order valence-corrected chi connectivity index (χ2v) is 41.6. The van der Waals surface area contributed by atoms with Crippen molar-refractivity contribution < 1.29 is 168 Å². The number of thioether (sulfide) groups is 2. The van der Waals surface area contributed by atoms with Gasteiger partial charge >= 0.3 is 6.09 Å². The molecule has 8 rings (SSSR count). The number of likely N-dealkylation sites (N-methyl/N-ethyl adjacent to an activating group) is 1. The molecule has 0 radical (unpaired) electrons. The molecule has 6 fully saturated rings. The number of ether oxygens (including phenoxy) is 20. The van der Waals surface area contributed by atoms with E-state index in [4.69, 9.17) is 99.6 Å². The van der Waals surface area contributed by atoms with Crippen LogP contribution in [-0.2, 0) is 119 Å². The van der Waals surface area contributed by atoms with E-state index in [2.05, 4.69) is 50.4 Å². The highest BCUT2D eigenvalue weighted by atomic mass is 127. The minimum Gasteiger partial charge on any atom is -0.492 e. The monoisotopic (exact) mass is 2200 g/mol. The van der Waals surface area contributed by atoms with Gasteiger partial charge in [-0.25, -0.2) is 4.79 Å². The van der Waals surface area contributed by atoms with Crippen LogP contribution in [0.4, 0.5) is 4.79 Å². The van der Waals surface area contributed by atoms with Crippen molar-refractivity contribution in [1.82, 2.24) is 36.5 Å². The molecule has 5 aliphatic heterocycles. The molecule has 0 aromatic heterocycles. The second kappa shape index (κ2) is 62.5. The summed E-state index contributed by atoms with van der Waals surface area (Å²) in [5.74, 6) is 7.68. The van der Waals surface area contributed by atoms with E-state index in [-0.39, 0.29) is 147 Å². The van der Waals surface area contributed by atoms with Crippen molar-refractivity contribution in [3.63, 3.8) is 0 Å². The van der Waals surface area contributed by atoms with Crippen LogP contribution >= 0.6 is 67.7 Å². The Morgan fingerprint density at radius 1 is 0.683 bits per heavy atom. The molecule has 0 bridgehead atoms. The predicted octanol–water partition coefficient (Wildman–Crippen LogP) is 3.49. The van der Waals surface area contributed by atoms with Crippen LogP contribution in [-0.4, -0.2) is 412 Å². The van der Waals surface area contributed by atoms with Crippen molar-refractivity contribution in [3.8, 4) is 40.9 Å². The lowest BCUT2D eigenvalue weighted by atomic mass is 9.71. The number of carbonyl (C=O) groups is 9. The number of methoxy groups -OCH3 is 5. The molecule has 5 saturated heterocycles. The van der Waals surface area contributed by atoms with Gasteiger partial charge in [-0.15, -0.1) is 0 Å². The van der Waals surface area contributed by atoms with Crippen LogP contribution in [0.1, 0.15) is 130 Å². The second-order valence-electron chi connectivity index (χ2n) is 35.3. The van der Waals surface area contributed by atoms with E-state index in [9.17, 15) is 68.7 Å². The number of amides is 7. The van der Waals surface area contributed by atoms with Gasteiger partial charge in [-0.3, -0.25) is 48.1 Å². The number of likely N-dealkylation sites (tertiary alicyclic amines) is 1. The number of hydrogen-bond acceptors (Lipinski definition) is 40. The number of nitrogens with one attached hydrogen (secondary N) is 5. The smallest absolute Gasteiger partial charge is 0.407 e. The van der Waals surface area contributed by atoms with Crippen LogP contribution in [0, 0.1) is 51.9 Å². The van der Waals surface area contributed by atoms with Crippen molar-refractivity contribution >= 4 is 120 Å². The number of hydrogen-bond donors (Lipinski definition) is 10. The van der Waals surface area contributed by atoms with Crippen LogP contribution in [0.25, 0.3) is 0 Å². The third kappa shape index (κ3) is 36.2. The lowest BCUT2D eigenvalue weighted by Gasteiger charge is -2.47. The molecule has 1 aromatic rings. The molecule has 802 valence electrons. The summed E-state index contributed by atoms with van der Waals surface area (Å²) in [7, 11) is 9.62. The maximum Gasteiger partial charge on any atom is 0.407 e. The molecule has 2 aliphatic carbocycles. The van der Waals surface area contributed by atoms with Gasteiger partial charge in [0.1, 0.15) is 42.7 Å². The largest absolute Gasteiger partial charge is 0.492 e. The molecule has 23 atom stereocenters. The number of imide groups is 1. The van der Waals surface area contributed by atoms with E-state index >= 15 is 0 Å². The molecule has 47 heteroatoms. The zero-order chi connectivity index (χ0) is 104. The van der Waals surface area contributed by atoms with Crippen molar-refractivity contribution in [2.45, 2.75) is 252 Å². The highest BCUT2D eigenvalue weighted by Gasteiger charge is 2.57. The van der Waals surface area contributed by atoms with Gasteiger partial charge in [-0.2, -0.15) is 17.2 Å². The molecule has 42 nitrogen and oxygen atoms in total. The molecule has 21 unspecified atom stereocenters. The normalized spacial score (nSPS) is 28.9. The van der Waals surface area contributed by atoms with Gasteiger partial charge in [0, 0.05) is 115 Å². The third-order valence-corrected chi connectivity index (χ3v) is 31.6. The van der Waals surface area contributed by atoms with E-state index in [1.54, 1.807) is 52.7 Å². The number of alkyl carbamates (subject to hydrolysis) is 1. The fourth-order valence-corrected chi connectivity index (χ4v) is 21.7. The molecule has 142 heavy (non-hydrogen) atoms. The molecule has 1 saturated carbocycles. The van der Waals surface area contributed by atoms with Gasteiger partial charge < -0.3 is 146 Å². The van der Waals surface area contributed by atoms with Gasteiger partial charge in [0.25, 0.3) is 0 Å². The number of rotatable bonds is 60. The lowest BCUT2D eigenvalue weighted by molar-refractivity contribution is -0.340. The van der Waals surface area contributed by atoms with Gasteiger partial charge in [0.15, 0.2) is 36.2 Å². The number of nitrogens with zero attached hydrogens (tertiary/aromatic N) is 2. The number of aliphatic hydroxyl groups is 5. The molecule has 7 aliphatic rings. The fraction of sp³-hybridized carbons (Fsp3) is 0.758. The lowest BCUT2D eigenvalue weighted by Crippen LogP contribution is -2.65. The summed E-state index contributed by atoms with van der Waals surface area (Å²) < 4.78 is 118. The summed E-state index contributed by atoms with van der Waals surface area (Å²) in [5.41, 5.74) is 1.79. The van der Waals surface area contributed by atoms with Gasteiger partial charge in [0.05, 0.1) is 207 Å². The zero-order valence-electron chi connectivity index (χ0n) is 83.8. The maximum atomic E-state index is 15.0. The van der Waals surface area contributed by atoms with Gasteiger partial charge in [-0.05, 0) is 113 Å². The molecular weight excluding hydrogens is 2050 g/mol. The number of aliphatic hydroxyl groups excluding tert-OH is 4. The zero-order valence-corrected chi connectivity index (χ0v) is 89.2. The van der Waals surface area contributed by atoms with Crippen LogP contribution in [0.2, 0.25) is 0 Å². The first-order valence-corrected chi connectivity index (χ1v) is 53.3. The Bertz CT molecular complexity index is 4370. The van der Waals surface area contributed by atoms with Crippen LogP contribution < -0.4 is 41.0 Å². The summed E-state index contributed by atoms with van der Waals surface area (Å²) in [6.45, 7) is 24.0. The predicted molar refractivity (Wildman–Crippen MR) is 531 cm³/mol. The van der Waals surface area contributed by atoms with E-state index in [0.29, 0.717) is 127 Å². The van der Waals surface area contributed by atoms with E-state index in [0.717, 1.165) is 23.8 Å². The SMILES string of the molecule is CCN(C(C)=O)C1COC(OC2C(O[C@H]3C#C/C=C\C#CC4C(NC(=O)OC)C(=O)C[C@@](O)(C(C)C)/C(=C/CSSC(C)(C)CCC(=O)NCCNC(=O)CCOCCOCCOCCOCCOCCOCCOCCOCCNC(=O)CCN5C(=O)CC(SC)C5=O)C43)OC(C)C(NOC3CC(O)C(SC(=O)c4c(C)c(I)c(OC5OC(C)C(O)C(OC)C5O)c(OC)c4OC)C(C)O3)C2O)CC1OC. The average Bonchev–Trinajstić information content (AvgIpc) is 1.59. The third-order valence-electron chi connectivity index (χ3n) is 24.8. The number of carbonyl (C=O) groups excluding carboxylic acids is 9. The summed E-state index contributed by atoms with van der Waals surface area (Å²) in [5, 5.41) is 69.6. The summed E-state index contributed by atoms with van der Waals surface area (Å²) in [4.78, 5) is 127. The Labute approximate surface area is 861 Å². The number of halogens is 1. The van der Waals surface area contributed by atoms with E-state index in [1.807, 2.05) is 49.4 Å². The quantitative estimate of drug-likeness (QED) is 0.00848. The highest BCUT2D eigenvalue weighted by molar-refractivity contribution is 14.1. The minimum absolute atomic E-state index is 0.00360. The standard InChI is InChI=1S/C95H146IN7O35S4/c1-17-102(60(8)104)63-54-131-73(51-67(63)118-11)136-86-81(112)78(101-138-74-50-64(105)88(59(7)132-74)141-90(115)75-56(4)77(96)84(87(121-14)83(75)119-12)137-91-82(113)85(120-13)80(111)58(6)134-91)57(5)133-92(86)135-66-23-21-19-18-20-22-61-76(66)62(95(117,55(2)3)53-65(106)79(61)100-93(116)122-15)27-49-140-142-94(9,10)28-24-69(107)97-29-30-98-71(109)26-33-123-35-37-125-39-41-127-43-45-129-47-48-130-46-44-128-42-40-126-38-36-124-34-31-99-70(108)25-32-103-72(110)52-68(139-16)89(103)114/h18-19,27,55,57-59,61,63-64,66-68,73-74,76,78-82,85-86,88,91-92,101,105,111-113,117H,17,24-26,28-54H2,1-16H3,(H,97,107)(H,98,109)(H,99,108)(H,100,116)/b19-18-,62-27+/t57?,58?,59?,61?,63?,64?,66-,67?,68?,73?,74?,76?,78?,79?,80?,81?,82?,85?,86?,88?,91?,92?,95+/m0/s1. The number of Topliss-reactive ketones (excluding diaryl/α,β-unsaturated/α-hetero) is 1. The van der Waals surface area contributed by atoms with Crippen LogP contribution in [0.15, 0.2) is 23.8 Å². The Morgan fingerprint density at radius 2 is 1.26 bits per heavy atom. The summed E-state index contributed by atoms with van der Waals surface area (Å²) in [6, 6.07) is -3.14. The molecule has 7 amide bonds. The molecule has 5 heterocycles. The van der Waals surface area contributed by atoms with Gasteiger partial charge in [-0.1, -0.05) is 77.0 Å². The Morgan fingerprint density at radius 3 is 1.82 bits per heavy atom. The number of fused-ring (bicyclic) bond motifs is 1. The van der Waals surface area contributed by atoms with E-state index < -0.39 is 167 Å². The minimum atomic E-state index is -1.95. The van der Waals surface area contributed by atoms with Crippen molar-refractivity contribution in [2.24, 2.45) is 17.8 Å². The number of allylic oxidation sites excluding steroid dienone is 2. The number of benzene rings is 1. The molecular formula is C95H146IN7O35S4. The maximum absolute atomic E-state index is 15.0. The molecule has 1 aromatic carbocycles. The number of hydroxylamine groups is 1. The summed E-state index contributed by atoms with van der Waals surface area (Å²) in [6.07, 6.45) is -12.2. The van der Waals surface area contributed by atoms with Gasteiger partial charge in [0.2, 0.25) is 52.6 Å². The Hall–Kier alpha value is -5.94. The molecule has 0 spiro atoms. The first-order chi connectivity index (χ1) is 68.0. The first kappa shape index (κ1) is 121. The topological polar surface area (TPSA) is 515 Å². The van der Waals surface area contributed by atoms with Crippen LogP contribution in [0.5, 0.6) is 17.2 Å². The first-order valence-electron chi connectivity index (χ1n) is 47.8.